The van der Waals surface area contributed by atoms with Crippen LogP contribution in [0.25, 0.3) is 0 Å². The van der Waals surface area contributed by atoms with Gasteiger partial charge in [0.2, 0.25) is 0 Å². The Kier molecular flexibility index (Phi) is 8.15. The SMILES string of the molecule is CC1C2=C(CCCC2)C2=C1[CH]([Ti]([O]C(=O)C(C)(C)C)([O]C(=O)C(C)(C)C)[O]C(=O)C(C)(C)C)CCC2. The molecular formula is C29H46O6Ti. The Morgan fingerprint density at radius 3 is 1.53 bits per heavy atom. The third-order valence-electron chi connectivity index (χ3n) is 7.48. The van der Waals surface area contributed by atoms with Crippen LogP contribution in [0.5, 0.6) is 0 Å². The molecule has 0 N–H and O–H groups in total. The standard InChI is InChI=1S/C14H19.3C5H10O2.Ti/c1-10-11-6-2-4-8-13(11)14-9-5-3-7-12(10)14;3*1-5(2,3)4(6)7;/h6,10H,2-5,7-9H2,1H3;3*1-3H3,(H,6,7);/q;;;;+3/p-3. The van der Waals surface area contributed by atoms with E-state index in [9.17, 15) is 14.4 Å². The van der Waals surface area contributed by atoms with Gasteiger partial charge in [-0.2, -0.15) is 0 Å². The first-order valence-corrected chi connectivity index (χ1v) is 16.4. The van der Waals surface area contributed by atoms with Crippen LogP contribution >= 0.6 is 0 Å². The van der Waals surface area contributed by atoms with E-state index in [1.54, 1.807) is 62.3 Å². The van der Waals surface area contributed by atoms with Crippen LogP contribution in [-0.4, -0.2) is 17.9 Å². The Balaban J connectivity index is 2.20. The van der Waals surface area contributed by atoms with Gasteiger partial charge in [-0.1, -0.05) is 0 Å². The number of rotatable bonds is 4. The molecule has 6 nitrogen and oxygen atoms in total. The fraction of sp³-hybridized carbons (Fsp3) is 0.759. The summed E-state index contributed by atoms with van der Waals surface area (Å²) < 4.78 is 18.5. The fourth-order valence-electron chi connectivity index (χ4n) is 5.31. The first-order valence-electron chi connectivity index (χ1n) is 13.5. The van der Waals surface area contributed by atoms with Gasteiger partial charge < -0.3 is 0 Å². The molecule has 3 aliphatic rings. The first kappa shape index (κ1) is 29.2. The quantitative estimate of drug-likeness (QED) is 0.346. The molecule has 0 aromatic heterocycles. The van der Waals surface area contributed by atoms with E-state index in [-0.39, 0.29) is 10.1 Å². The fourth-order valence-corrected chi connectivity index (χ4v) is 10.9. The summed E-state index contributed by atoms with van der Waals surface area (Å²) in [6.45, 7) is 18.1. The molecule has 2 unspecified atom stereocenters. The molecule has 202 valence electrons. The normalized spacial score (nSPS) is 23.2. The van der Waals surface area contributed by atoms with Crippen molar-refractivity contribution in [1.29, 1.82) is 0 Å². The Morgan fingerprint density at radius 1 is 0.667 bits per heavy atom. The van der Waals surface area contributed by atoms with Crippen molar-refractivity contribution in [2.45, 2.75) is 118 Å². The Morgan fingerprint density at radius 2 is 1.08 bits per heavy atom. The zero-order valence-electron chi connectivity index (χ0n) is 24.1. The number of hydrogen-bond acceptors (Lipinski definition) is 6. The molecule has 0 aromatic carbocycles. The average Bonchev–Trinajstić information content (AvgIpc) is 3.04. The summed E-state index contributed by atoms with van der Waals surface area (Å²) in [5, 5.41) is 0. The van der Waals surface area contributed by atoms with E-state index in [1.165, 1.54) is 35.1 Å². The molecule has 3 aliphatic carbocycles. The minimum absolute atomic E-state index is 0.181. The zero-order valence-corrected chi connectivity index (χ0v) is 25.6. The van der Waals surface area contributed by atoms with E-state index in [0.717, 1.165) is 25.7 Å². The van der Waals surface area contributed by atoms with Gasteiger partial charge in [0, 0.05) is 0 Å². The van der Waals surface area contributed by atoms with Crippen molar-refractivity contribution >= 4 is 17.9 Å². The third kappa shape index (κ3) is 5.85. The summed E-state index contributed by atoms with van der Waals surface area (Å²) in [5.74, 6) is -1.31. The van der Waals surface area contributed by atoms with Crippen molar-refractivity contribution in [2.75, 3.05) is 0 Å². The molecule has 0 saturated carbocycles. The van der Waals surface area contributed by atoms with Crippen LogP contribution in [0.3, 0.4) is 0 Å². The second kappa shape index (κ2) is 10.1. The van der Waals surface area contributed by atoms with Crippen LogP contribution in [0.2, 0.25) is 4.22 Å². The second-order valence-corrected chi connectivity index (χ2v) is 17.8. The van der Waals surface area contributed by atoms with E-state index in [2.05, 4.69) is 6.92 Å². The van der Waals surface area contributed by atoms with Gasteiger partial charge in [0.1, 0.15) is 0 Å². The van der Waals surface area contributed by atoms with Gasteiger partial charge >= 0.3 is 223 Å². The summed E-state index contributed by atoms with van der Waals surface area (Å²) in [6.07, 6.45) is 7.02. The molecule has 0 saturated heterocycles. The molecule has 0 fully saturated rings. The second-order valence-electron chi connectivity index (χ2n) is 13.8. The van der Waals surface area contributed by atoms with E-state index in [1.807, 2.05) is 0 Å². The molecule has 7 heteroatoms. The first-order chi connectivity index (χ1) is 16.4. The van der Waals surface area contributed by atoms with Crippen LogP contribution in [0.1, 0.15) is 114 Å². The van der Waals surface area contributed by atoms with Crippen LogP contribution in [0.15, 0.2) is 22.3 Å². The van der Waals surface area contributed by atoms with Crippen molar-refractivity contribution in [2.24, 2.45) is 22.2 Å². The molecular weight excluding hydrogens is 492 g/mol. The summed E-state index contributed by atoms with van der Waals surface area (Å²) in [7, 11) is 0. The van der Waals surface area contributed by atoms with Gasteiger partial charge in [-0.05, 0) is 0 Å². The maximum absolute atomic E-state index is 13.4. The van der Waals surface area contributed by atoms with Crippen molar-refractivity contribution in [3.63, 3.8) is 0 Å². The molecule has 0 amide bonds. The van der Waals surface area contributed by atoms with Crippen molar-refractivity contribution in [3.05, 3.63) is 22.3 Å². The Hall–Kier alpha value is -1.40. The van der Waals surface area contributed by atoms with Gasteiger partial charge in [-0.3, -0.25) is 0 Å². The van der Waals surface area contributed by atoms with E-state index >= 15 is 0 Å². The molecule has 0 radical (unpaired) electrons. The van der Waals surface area contributed by atoms with Gasteiger partial charge in [-0.15, -0.1) is 0 Å². The summed E-state index contributed by atoms with van der Waals surface area (Å²) in [5.41, 5.74) is 2.93. The van der Waals surface area contributed by atoms with Gasteiger partial charge in [0.15, 0.2) is 0 Å². The van der Waals surface area contributed by atoms with Crippen molar-refractivity contribution in [3.8, 4) is 0 Å². The summed E-state index contributed by atoms with van der Waals surface area (Å²) in [4.78, 5) is 40.3. The number of fused-ring (bicyclic) bond motifs is 1. The molecule has 0 bridgehead atoms. The van der Waals surface area contributed by atoms with Crippen molar-refractivity contribution < 1.29 is 42.1 Å². The third-order valence-corrected chi connectivity index (χ3v) is 11.9. The number of hydrogen-bond donors (Lipinski definition) is 0. The monoisotopic (exact) mass is 538 g/mol. The predicted molar refractivity (Wildman–Crippen MR) is 136 cm³/mol. The summed E-state index contributed by atoms with van der Waals surface area (Å²) in [6, 6.07) is 0. The zero-order chi connectivity index (χ0) is 27.3. The van der Waals surface area contributed by atoms with Gasteiger partial charge in [-0.25, -0.2) is 0 Å². The van der Waals surface area contributed by atoms with E-state index in [4.69, 9.17) is 9.96 Å². The molecule has 36 heavy (non-hydrogen) atoms. The van der Waals surface area contributed by atoms with E-state index in [0.29, 0.717) is 6.42 Å². The molecule has 0 aromatic rings. The van der Waals surface area contributed by atoms with Crippen LogP contribution < -0.4 is 0 Å². The van der Waals surface area contributed by atoms with Crippen LogP contribution in [0.4, 0.5) is 0 Å². The van der Waals surface area contributed by atoms with Crippen molar-refractivity contribution in [1.82, 2.24) is 0 Å². The molecule has 0 aliphatic heterocycles. The van der Waals surface area contributed by atoms with Crippen LogP contribution in [0, 0.1) is 22.2 Å². The van der Waals surface area contributed by atoms with Crippen LogP contribution in [-0.2, 0) is 42.1 Å². The van der Waals surface area contributed by atoms with Gasteiger partial charge in [0.05, 0.1) is 0 Å². The molecule has 2 atom stereocenters. The number of carbonyl (C=O) groups excluding carboxylic acids is 3. The Bertz CT molecular complexity index is 913. The topological polar surface area (TPSA) is 78.9 Å². The molecule has 3 rings (SSSR count). The van der Waals surface area contributed by atoms with E-state index < -0.39 is 51.9 Å². The van der Waals surface area contributed by atoms with Gasteiger partial charge in [0.25, 0.3) is 0 Å². The minimum atomic E-state index is -4.96. The number of allylic oxidation sites excluding steroid dienone is 4. The predicted octanol–water partition coefficient (Wildman–Crippen LogP) is 7.44. The number of carbonyl (C=O) groups is 3. The average molecular weight is 539 g/mol. The molecule has 0 spiro atoms. The molecule has 0 heterocycles. The summed E-state index contributed by atoms with van der Waals surface area (Å²) >= 11 is -4.96. The Labute approximate surface area is 222 Å². The maximum atomic E-state index is 13.4.